The lowest BCUT2D eigenvalue weighted by atomic mass is 10.1. The predicted octanol–water partition coefficient (Wildman–Crippen LogP) is 3.79. The summed E-state index contributed by atoms with van der Waals surface area (Å²) in [6.07, 6.45) is 3.44. The zero-order chi connectivity index (χ0) is 16.8. The van der Waals surface area contributed by atoms with Gasteiger partial charge in [-0.05, 0) is 35.9 Å². The number of nitro groups is 1. The third kappa shape index (κ3) is 4.00. The molecular weight excluding hydrogens is 298 g/mol. The van der Waals surface area contributed by atoms with Gasteiger partial charge in [0.15, 0.2) is 0 Å². The fourth-order valence-electron chi connectivity index (χ4n) is 2.06. The maximum Gasteiger partial charge on any atom is 0.280 e. The van der Waals surface area contributed by atoms with Gasteiger partial charge in [-0.1, -0.05) is 6.08 Å². The SMILES string of the molecule is COc1cc(/C=C\c2ccc(OC)cc2[N+](=O)[O-])cc(OC)c1. The van der Waals surface area contributed by atoms with E-state index < -0.39 is 4.92 Å². The monoisotopic (exact) mass is 315 g/mol. The van der Waals surface area contributed by atoms with Crippen LogP contribution >= 0.6 is 0 Å². The molecule has 0 amide bonds. The Hall–Kier alpha value is -3.02. The van der Waals surface area contributed by atoms with E-state index in [1.807, 2.05) is 12.1 Å². The Labute approximate surface area is 134 Å². The second-order valence-corrected chi connectivity index (χ2v) is 4.66. The summed E-state index contributed by atoms with van der Waals surface area (Å²) in [5.41, 5.74) is 1.28. The van der Waals surface area contributed by atoms with Crippen LogP contribution in [0.15, 0.2) is 36.4 Å². The number of nitrogens with zero attached hydrogens (tertiary/aromatic N) is 1. The minimum atomic E-state index is -0.436. The molecule has 0 fully saturated rings. The Kier molecular flexibility index (Phi) is 5.19. The largest absolute Gasteiger partial charge is 0.497 e. The minimum absolute atomic E-state index is 0.0181. The van der Waals surface area contributed by atoms with E-state index >= 15 is 0 Å². The van der Waals surface area contributed by atoms with E-state index in [1.165, 1.54) is 13.2 Å². The van der Waals surface area contributed by atoms with Crippen LogP contribution in [-0.4, -0.2) is 26.3 Å². The molecule has 6 heteroatoms. The van der Waals surface area contributed by atoms with Crippen LogP contribution in [-0.2, 0) is 0 Å². The lowest BCUT2D eigenvalue weighted by Gasteiger charge is -2.06. The first-order valence-corrected chi connectivity index (χ1v) is 6.81. The summed E-state index contributed by atoms with van der Waals surface area (Å²) in [5.74, 6) is 1.73. The number of ether oxygens (including phenoxy) is 3. The van der Waals surface area contributed by atoms with Crippen molar-refractivity contribution in [1.29, 1.82) is 0 Å². The summed E-state index contributed by atoms with van der Waals surface area (Å²) in [6.45, 7) is 0. The molecule has 2 aromatic carbocycles. The maximum absolute atomic E-state index is 11.2. The molecule has 2 aromatic rings. The first kappa shape index (κ1) is 16.4. The topological polar surface area (TPSA) is 70.8 Å². The van der Waals surface area contributed by atoms with E-state index in [4.69, 9.17) is 14.2 Å². The fraction of sp³-hybridized carbons (Fsp3) is 0.176. The zero-order valence-corrected chi connectivity index (χ0v) is 13.1. The van der Waals surface area contributed by atoms with Crippen LogP contribution in [0.3, 0.4) is 0 Å². The van der Waals surface area contributed by atoms with Gasteiger partial charge in [-0.2, -0.15) is 0 Å². The van der Waals surface area contributed by atoms with Crippen LogP contribution in [0, 0.1) is 10.1 Å². The highest BCUT2D eigenvalue weighted by Crippen LogP contribution is 2.28. The van der Waals surface area contributed by atoms with Crippen LogP contribution in [0.4, 0.5) is 5.69 Å². The molecule has 0 unspecified atom stereocenters. The Morgan fingerprint density at radius 2 is 1.48 bits per heavy atom. The Morgan fingerprint density at radius 3 is 2.00 bits per heavy atom. The first-order chi connectivity index (χ1) is 11.1. The summed E-state index contributed by atoms with van der Waals surface area (Å²) in [7, 11) is 4.60. The highest BCUT2D eigenvalue weighted by molar-refractivity contribution is 5.75. The Bertz CT molecular complexity index is 718. The van der Waals surface area contributed by atoms with Crippen molar-refractivity contribution >= 4 is 17.8 Å². The lowest BCUT2D eigenvalue weighted by Crippen LogP contribution is -1.93. The maximum atomic E-state index is 11.2. The molecule has 2 rings (SSSR count). The number of nitro benzene ring substituents is 1. The van der Waals surface area contributed by atoms with Crippen LogP contribution in [0.2, 0.25) is 0 Å². The molecule has 0 aliphatic carbocycles. The highest BCUT2D eigenvalue weighted by Gasteiger charge is 2.12. The second-order valence-electron chi connectivity index (χ2n) is 4.66. The molecular formula is C17H17NO5. The predicted molar refractivity (Wildman–Crippen MR) is 88.1 cm³/mol. The van der Waals surface area contributed by atoms with Crippen LogP contribution < -0.4 is 14.2 Å². The van der Waals surface area contributed by atoms with E-state index in [0.717, 1.165) is 5.56 Å². The number of hydrogen-bond acceptors (Lipinski definition) is 5. The molecule has 0 spiro atoms. The van der Waals surface area contributed by atoms with Gasteiger partial charge in [0.1, 0.15) is 17.2 Å². The van der Waals surface area contributed by atoms with E-state index in [-0.39, 0.29) is 5.69 Å². The number of rotatable bonds is 6. The molecule has 0 aromatic heterocycles. The van der Waals surface area contributed by atoms with Gasteiger partial charge in [0.05, 0.1) is 37.9 Å². The smallest absolute Gasteiger partial charge is 0.280 e. The molecule has 0 saturated heterocycles. The summed E-state index contributed by atoms with van der Waals surface area (Å²) >= 11 is 0. The van der Waals surface area contributed by atoms with Crippen molar-refractivity contribution in [2.45, 2.75) is 0 Å². The Balaban J connectivity index is 2.38. The molecule has 0 aliphatic rings. The van der Waals surface area contributed by atoms with Gasteiger partial charge in [0.2, 0.25) is 0 Å². The van der Waals surface area contributed by atoms with E-state index in [0.29, 0.717) is 22.8 Å². The van der Waals surface area contributed by atoms with Gasteiger partial charge < -0.3 is 14.2 Å². The molecule has 120 valence electrons. The number of methoxy groups -OCH3 is 3. The third-order valence-electron chi connectivity index (χ3n) is 3.26. The van der Waals surface area contributed by atoms with Gasteiger partial charge in [-0.3, -0.25) is 10.1 Å². The lowest BCUT2D eigenvalue weighted by molar-refractivity contribution is -0.385. The molecule has 0 radical (unpaired) electrons. The van der Waals surface area contributed by atoms with E-state index in [9.17, 15) is 10.1 Å². The van der Waals surface area contributed by atoms with Gasteiger partial charge in [-0.15, -0.1) is 0 Å². The van der Waals surface area contributed by atoms with Crippen molar-refractivity contribution in [1.82, 2.24) is 0 Å². The van der Waals surface area contributed by atoms with Crippen molar-refractivity contribution in [3.63, 3.8) is 0 Å². The van der Waals surface area contributed by atoms with Crippen molar-refractivity contribution < 1.29 is 19.1 Å². The van der Waals surface area contributed by atoms with Crippen LogP contribution in [0.5, 0.6) is 17.2 Å². The molecule has 6 nitrogen and oxygen atoms in total. The first-order valence-electron chi connectivity index (χ1n) is 6.81. The zero-order valence-electron chi connectivity index (χ0n) is 13.1. The molecule has 0 heterocycles. The normalized spacial score (nSPS) is 10.6. The number of hydrogen-bond donors (Lipinski definition) is 0. The van der Waals surface area contributed by atoms with Crippen molar-refractivity contribution in [2.75, 3.05) is 21.3 Å². The van der Waals surface area contributed by atoms with Gasteiger partial charge in [0.25, 0.3) is 5.69 Å². The molecule has 0 N–H and O–H groups in total. The van der Waals surface area contributed by atoms with Gasteiger partial charge >= 0.3 is 0 Å². The summed E-state index contributed by atoms with van der Waals surface area (Å²) < 4.78 is 15.4. The second kappa shape index (κ2) is 7.31. The van der Waals surface area contributed by atoms with Crippen molar-refractivity contribution in [3.8, 4) is 17.2 Å². The van der Waals surface area contributed by atoms with Gasteiger partial charge in [-0.25, -0.2) is 0 Å². The Morgan fingerprint density at radius 1 is 0.870 bits per heavy atom. The van der Waals surface area contributed by atoms with Crippen molar-refractivity contribution in [2.24, 2.45) is 0 Å². The highest BCUT2D eigenvalue weighted by atomic mass is 16.6. The molecule has 0 saturated carbocycles. The summed E-state index contributed by atoms with van der Waals surface area (Å²) in [5, 5.41) is 11.2. The molecule has 0 atom stereocenters. The third-order valence-corrected chi connectivity index (χ3v) is 3.26. The van der Waals surface area contributed by atoms with Crippen LogP contribution in [0.1, 0.15) is 11.1 Å². The number of benzene rings is 2. The fourth-order valence-corrected chi connectivity index (χ4v) is 2.06. The van der Waals surface area contributed by atoms with Crippen molar-refractivity contribution in [3.05, 3.63) is 57.6 Å². The summed E-state index contributed by atoms with van der Waals surface area (Å²) in [4.78, 5) is 10.7. The minimum Gasteiger partial charge on any atom is -0.497 e. The van der Waals surface area contributed by atoms with E-state index in [2.05, 4.69) is 0 Å². The van der Waals surface area contributed by atoms with Crippen LogP contribution in [0.25, 0.3) is 12.2 Å². The quantitative estimate of drug-likeness (QED) is 0.461. The molecule has 0 aliphatic heterocycles. The van der Waals surface area contributed by atoms with E-state index in [1.54, 1.807) is 44.6 Å². The molecule has 0 bridgehead atoms. The average molecular weight is 315 g/mol. The van der Waals surface area contributed by atoms with Gasteiger partial charge in [0, 0.05) is 6.07 Å². The molecule has 23 heavy (non-hydrogen) atoms. The average Bonchev–Trinajstić information content (AvgIpc) is 2.59. The summed E-state index contributed by atoms with van der Waals surface area (Å²) in [6, 6.07) is 10.1. The standard InChI is InChI=1S/C17H17NO5/c1-21-14-7-6-13(17(11-14)18(19)20)5-4-12-8-15(22-2)10-16(9-12)23-3/h4-11H,1-3H3/b5-4-.